The van der Waals surface area contributed by atoms with E-state index in [9.17, 15) is 0 Å². The smallest absolute Gasteiger partial charge is 0.257 e. The van der Waals surface area contributed by atoms with E-state index in [2.05, 4.69) is 25.6 Å². The van der Waals surface area contributed by atoms with Gasteiger partial charge in [0.1, 0.15) is 11.6 Å². The second kappa shape index (κ2) is 5.86. The summed E-state index contributed by atoms with van der Waals surface area (Å²) in [6, 6.07) is 4.30. The maximum atomic E-state index is 5.80. The summed E-state index contributed by atoms with van der Waals surface area (Å²) >= 11 is 1.60. The van der Waals surface area contributed by atoms with E-state index in [1.165, 1.54) is 0 Å². The molecule has 0 unspecified atom stereocenters. The monoisotopic (exact) mass is 330 g/mol. The molecule has 4 rings (SSSR count). The Kier molecular flexibility index (Phi) is 3.70. The lowest BCUT2D eigenvalue weighted by molar-refractivity contribution is 0.310. The number of rotatable bonds is 4. The molecule has 1 N–H and O–H groups in total. The third-order valence-electron chi connectivity index (χ3n) is 3.99. The minimum Gasteiger partial charge on any atom is -0.418 e. The summed E-state index contributed by atoms with van der Waals surface area (Å²) in [5.41, 5.74) is 0. The Balaban J connectivity index is 1.43. The van der Waals surface area contributed by atoms with Crippen LogP contribution in [0, 0.1) is 6.92 Å². The standard InChI is InChI=1S/C15H18N6OS/c1-9(14-18-19-15(22-14)12-4-3-7-23-12)16-11-5-6-13-17-10(2)20-21(13)8-11/h3-4,7,9,11,16H,5-6,8H2,1-2H3/t9-,11-/m0/s1. The predicted molar refractivity (Wildman–Crippen MR) is 86.0 cm³/mol. The zero-order valence-corrected chi connectivity index (χ0v) is 13.9. The molecule has 4 heterocycles. The molecule has 1 aliphatic rings. The molecule has 1 aliphatic heterocycles. The van der Waals surface area contributed by atoms with Crippen LogP contribution in [0.2, 0.25) is 0 Å². The van der Waals surface area contributed by atoms with Crippen molar-refractivity contribution in [3.63, 3.8) is 0 Å². The SMILES string of the molecule is Cc1nc2n(n1)C[C@@H](N[C@@H](C)c1nnc(-c3cccs3)o1)CC2. The van der Waals surface area contributed by atoms with Gasteiger partial charge < -0.3 is 9.73 Å². The van der Waals surface area contributed by atoms with E-state index in [0.717, 1.165) is 35.9 Å². The number of nitrogens with zero attached hydrogens (tertiary/aromatic N) is 5. The predicted octanol–water partition coefficient (Wildman–Crippen LogP) is 2.36. The molecular weight excluding hydrogens is 312 g/mol. The van der Waals surface area contributed by atoms with Crippen LogP contribution in [0.25, 0.3) is 10.8 Å². The van der Waals surface area contributed by atoms with Gasteiger partial charge in [-0.3, -0.25) is 0 Å². The van der Waals surface area contributed by atoms with Crippen molar-refractivity contribution < 1.29 is 4.42 Å². The number of fused-ring (bicyclic) bond motifs is 1. The number of hydrogen-bond donors (Lipinski definition) is 1. The van der Waals surface area contributed by atoms with Crippen LogP contribution in [0.1, 0.15) is 36.9 Å². The average Bonchev–Trinajstić information content (AvgIpc) is 3.26. The molecule has 0 amide bonds. The van der Waals surface area contributed by atoms with Crippen molar-refractivity contribution in [1.82, 2.24) is 30.3 Å². The largest absolute Gasteiger partial charge is 0.418 e. The van der Waals surface area contributed by atoms with Gasteiger partial charge >= 0.3 is 0 Å². The van der Waals surface area contributed by atoms with Gasteiger partial charge in [0, 0.05) is 12.5 Å². The fourth-order valence-electron chi connectivity index (χ4n) is 2.90. The first-order valence-electron chi connectivity index (χ1n) is 7.72. The van der Waals surface area contributed by atoms with E-state index in [4.69, 9.17) is 4.42 Å². The molecule has 0 saturated heterocycles. The van der Waals surface area contributed by atoms with Crippen LogP contribution in [-0.4, -0.2) is 31.0 Å². The Bertz CT molecular complexity index is 793. The molecule has 0 fully saturated rings. The molecule has 0 aromatic carbocycles. The van der Waals surface area contributed by atoms with Crippen molar-refractivity contribution in [1.29, 1.82) is 0 Å². The van der Waals surface area contributed by atoms with Crippen LogP contribution in [0.5, 0.6) is 0 Å². The van der Waals surface area contributed by atoms with Gasteiger partial charge in [-0.15, -0.1) is 21.5 Å². The Morgan fingerprint density at radius 1 is 1.43 bits per heavy atom. The van der Waals surface area contributed by atoms with Crippen molar-refractivity contribution in [2.75, 3.05) is 0 Å². The van der Waals surface area contributed by atoms with Crippen molar-refractivity contribution >= 4 is 11.3 Å². The number of aromatic nitrogens is 5. The van der Waals surface area contributed by atoms with Crippen molar-refractivity contribution in [3.05, 3.63) is 35.1 Å². The number of nitrogens with one attached hydrogen (secondary N) is 1. The first-order chi connectivity index (χ1) is 11.2. The first-order valence-corrected chi connectivity index (χ1v) is 8.60. The van der Waals surface area contributed by atoms with Crippen LogP contribution < -0.4 is 5.32 Å². The summed E-state index contributed by atoms with van der Waals surface area (Å²) in [4.78, 5) is 5.44. The Hall–Kier alpha value is -2.06. The van der Waals surface area contributed by atoms with Gasteiger partial charge in [0.2, 0.25) is 5.89 Å². The van der Waals surface area contributed by atoms with Gasteiger partial charge in [-0.1, -0.05) is 6.07 Å². The van der Waals surface area contributed by atoms with E-state index in [0.29, 0.717) is 17.8 Å². The molecule has 120 valence electrons. The Labute approximate surface area is 137 Å². The maximum Gasteiger partial charge on any atom is 0.257 e. The van der Waals surface area contributed by atoms with Gasteiger partial charge in [-0.25, -0.2) is 9.67 Å². The first kappa shape index (κ1) is 14.5. The molecule has 7 nitrogen and oxygen atoms in total. The minimum atomic E-state index is 0.00683. The highest BCUT2D eigenvalue weighted by Crippen LogP contribution is 2.25. The summed E-state index contributed by atoms with van der Waals surface area (Å²) in [5, 5.41) is 18.3. The van der Waals surface area contributed by atoms with Crippen molar-refractivity contribution in [3.8, 4) is 10.8 Å². The zero-order chi connectivity index (χ0) is 15.8. The van der Waals surface area contributed by atoms with Gasteiger partial charge in [0.05, 0.1) is 17.5 Å². The fourth-order valence-corrected chi connectivity index (χ4v) is 3.55. The highest BCUT2D eigenvalue weighted by molar-refractivity contribution is 7.13. The van der Waals surface area contributed by atoms with Gasteiger partial charge in [-0.2, -0.15) is 5.10 Å². The lowest BCUT2D eigenvalue weighted by atomic mass is 10.1. The molecule has 0 aliphatic carbocycles. The molecule has 8 heteroatoms. The molecule has 0 spiro atoms. The minimum absolute atomic E-state index is 0.00683. The van der Waals surface area contributed by atoms with Crippen LogP contribution in [0.15, 0.2) is 21.9 Å². The molecule has 23 heavy (non-hydrogen) atoms. The van der Waals surface area contributed by atoms with Crippen LogP contribution in [0.4, 0.5) is 0 Å². The number of thiophene rings is 1. The lowest BCUT2D eigenvalue weighted by Gasteiger charge is -2.25. The Morgan fingerprint density at radius 3 is 3.17 bits per heavy atom. The highest BCUT2D eigenvalue weighted by Gasteiger charge is 2.24. The van der Waals surface area contributed by atoms with Crippen molar-refractivity contribution in [2.45, 2.75) is 45.3 Å². The van der Waals surface area contributed by atoms with E-state index in [1.54, 1.807) is 11.3 Å². The van der Waals surface area contributed by atoms with Gasteiger partial charge in [-0.05, 0) is 31.7 Å². The normalized spacial score (nSPS) is 18.8. The van der Waals surface area contributed by atoms with Crippen LogP contribution >= 0.6 is 11.3 Å². The summed E-state index contributed by atoms with van der Waals surface area (Å²) in [5.74, 6) is 3.12. The Morgan fingerprint density at radius 2 is 2.35 bits per heavy atom. The third-order valence-corrected chi connectivity index (χ3v) is 4.85. The quantitative estimate of drug-likeness (QED) is 0.791. The molecule has 0 saturated carbocycles. The second-order valence-corrected chi connectivity index (χ2v) is 6.75. The van der Waals surface area contributed by atoms with E-state index < -0.39 is 0 Å². The highest BCUT2D eigenvalue weighted by atomic mass is 32.1. The molecule has 0 radical (unpaired) electrons. The third kappa shape index (κ3) is 2.91. The molecule has 0 bridgehead atoms. The van der Waals surface area contributed by atoms with E-state index >= 15 is 0 Å². The zero-order valence-electron chi connectivity index (χ0n) is 13.1. The van der Waals surface area contributed by atoms with E-state index in [1.807, 2.05) is 36.0 Å². The van der Waals surface area contributed by atoms with Gasteiger partial charge in [0.25, 0.3) is 5.89 Å². The van der Waals surface area contributed by atoms with Crippen LogP contribution in [0.3, 0.4) is 0 Å². The molecule has 2 atom stereocenters. The summed E-state index contributed by atoms with van der Waals surface area (Å²) in [7, 11) is 0. The second-order valence-electron chi connectivity index (χ2n) is 5.80. The maximum absolute atomic E-state index is 5.80. The molecule has 3 aromatic rings. The molecular formula is C15H18N6OS. The fraction of sp³-hybridized carbons (Fsp3) is 0.467. The summed E-state index contributed by atoms with van der Waals surface area (Å²) in [6.07, 6.45) is 1.98. The summed E-state index contributed by atoms with van der Waals surface area (Å²) in [6.45, 7) is 4.81. The number of hydrogen-bond acceptors (Lipinski definition) is 7. The molecule has 3 aromatic heterocycles. The van der Waals surface area contributed by atoms with Crippen molar-refractivity contribution in [2.24, 2.45) is 0 Å². The summed E-state index contributed by atoms with van der Waals surface area (Å²) < 4.78 is 7.79. The number of aryl methyl sites for hydroxylation is 2. The topological polar surface area (TPSA) is 81.7 Å². The van der Waals surface area contributed by atoms with Crippen LogP contribution in [-0.2, 0) is 13.0 Å². The average molecular weight is 330 g/mol. The lowest BCUT2D eigenvalue weighted by Crippen LogP contribution is -2.39. The van der Waals surface area contributed by atoms with Gasteiger partial charge in [0.15, 0.2) is 0 Å². The van der Waals surface area contributed by atoms with E-state index in [-0.39, 0.29) is 6.04 Å².